The molecule has 0 saturated carbocycles. The molecule has 1 aromatic carbocycles. The van der Waals surface area contributed by atoms with Gasteiger partial charge in [-0.1, -0.05) is 6.07 Å². The summed E-state index contributed by atoms with van der Waals surface area (Å²) >= 11 is 2.12. The van der Waals surface area contributed by atoms with E-state index in [9.17, 15) is 0 Å². The van der Waals surface area contributed by atoms with Crippen molar-refractivity contribution in [1.29, 1.82) is 0 Å². The Bertz CT molecular complexity index is 394. The van der Waals surface area contributed by atoms with Crippen LogP contribution < -0.4 is 10.1 Å². The van der Waals surface area contributed by atoms with Gasteiger partial charge in [0.25, 0.3) is 0 Å². The molecule has 1 aliphatic heterocycles. The molecule has 16 heavy (non-hydrogen) atoms. The predicted molar refractivity (Wildman–Crippen MR) is 68.3 cm³/mol. The molecule has 3 heteroatoms. The van der Waals surface area contributed by atoms with Crippen molar-refractivity contribution < 1.29 is 4.74 Å². The van der Waals surface area contributed by atoms with Crippen molar-refractivity contribution in [3.8, 4) is 5.75 Å². The predicted octanol–water partition coefficient (Wildman–Crippen LogP) is 2.39. The number of aryl methyl sites for hydroxylation is 1. The minimum Gasteiger partial charge on any atom is -0.497 e. The zero-order valence-corrected chi connectivity index (χ0v) is 10.3. The molecule has 2 aliphatic rings. The van der Waals surface area contributed by atoms with Gasteiger partial charge in [0.1, 0.15) is 5.75 Å². The molecular formula is C13H17NOS. The fourth-order valence-corrected chi connectivity index (χ4v) is 3.99. The second-order valence-corrected chi connectivity index (χ2v) is 5.79. The van der Waals surface area contributed by atoms with Crippen LogP contribution in [0.25, 0.3) is 0 Å². The minimum atomic E-state index is 0.539. The average molecular weight is 235 g/mol. The van der Waals surface area contributed by atoms with Crippen LogP contribution in [-0.2, 0) is 6.42 Å². The lowest BCUT2D eigenvalue weighted by Gasteiger charge is -2.37. The van der Waals surface area contributed by atoms with Crippen LogP contribution in [-0.4, -0.2) is 24.7 Å². The summed E-state index contributed by atoms with van der Waals surface area (Å²) in [6, 6.07) is 7.06. The quantitative estimate of drug-likeness (QED) is 0.807. The van der Waals surface area contributed by atoms with Crippen molar-refractivity contribution in [2.24, 2.45) is 0 Å². The Kier molecular flexibility index (Phi) is 2.82. The van der Waals surface area contributed by atoms with Gasteiger partial charge in [-0.15, -0.1) is 0 Å². The van der Waals surface area contributed by atoms with Crippen LogP contribution in [0.2, 0.25) is 0 Å². The van der Waals surface area contributed by atoms with Gasteiger partial charge in [0.05, 0.1) is 7.11 Å². The number of fused-ring (bicyclic) bond motifs is 3. The summed E-state index contributed by atoms with van der Waals surface area (Å²) < 4.78 is 5.33. The molecule has 0 radical (unpaired) electrons. The van der Waals surface area contributed by atoms with E-state index in [4.69, 9.17) is 4.74 Å². The van der Waals surface area contributed by atoms with Gasteiger partial charge in [0, 0.05) is 23.6 Å². The van der Waals surface area contributed by atoms with E-state index < -0.39 is 0 Å². The Hall–Kier alpha value is -0.670. The maximum atomic E-state index is 5.33. The summed E-state index contributed by atoms with van der Waals surface area (Å²) in [5.41, 5.74) is 2.96. The Morgan fingerprint density at radius 1 is 1.44 bits per heavy atom. The van der Waals surface area contributed by atoms with Gasteiger partial charge in [-0.2, -0.15) is 11.8 Å². The van der Waals surface area contributed by atoms with Crippen LogP contribution in [0.4, 0.5) is 0 Å². The third kappa shape index (κ3) is 1.72. The lowest BCUT2D eigenvalue weighted by molar-refractivity contribution is 0.409. The van der Waals surface area contributed by atoms with E-state index in [-0.39, 0.29) is 0 Å². The highest BCUT2D eigenvalue weighted by Crippen LogP contribution is 2.40. The van der Waals surface area contributed by atoms with E-state index in [0.717, 1.165) is 17.5 Å². The number of benzene rings is 1. The van der Waals surface area contributed by atoms with Gasteiger partial charge in [-0.05, 0) is 36.1 Å². The van der Waals surface area contributed by atoms with E-state index in [1.807, 2.05) is 0 Å². The smallest absolute Gasteiger partial charge is 0.119 e. The van der Waals surface area contributed by atoms with E-state index in [1.54, 1.807) is 7.11 Å². The summed E-state index contributed by atoms with van der Waals surface area (Å²) in [6.45, 7) is 1.13. The van der Waals surface area contributed by atoms with Gasteiger partial charge in [-0.25, -0.2) is 0 Å². The van der Waals surface area contributed by atoms with Crippen molar-refractivity contribution in [3.63, 3.8) is 0 Å². The van der Waals surface area contributed by atoms with Crippen LogP contribution in [0, 0.1) is 0 Å². The molecular weight excluding hydrogens is 218 g/mol. The zero-order chi connectivity index (χ0) is 11.0. The SMILES string of the molecule is COc1ccc2c(c1)C1NCCSC1CC2. The molecule has 0 amide bonds. The highest BCUT2D eigenvalue weighted by Gasteiger charge is 2.31. The van der Waals surface area contributed by atoms with E-state index >= 15 is 0 Å². The van der Waals surface area contributed by atoms with Crippen molar-refractivity contribution in [1.82, 2.24) is 5.32 Å². The largest absolute Gasteiger partial charge is 0.497 e. The first-order chi connectivity index (χ1) is 7.88. The molecule has 0 aromatic heterocycles. The first-order valence-corrected chi connectivity index (χ1v) is 6.95. The fourth-order valence-electron chi connectivity index (χ4n) is 2.73. The van der Waals surface area contributed by atoms with Gasteiger partial charge < -0.3 is 10.1 Å². The number of nitrogens with one attached hydrogen (secondary N) is 1. The van der Waals surface area contributed by atoms with Crippen LogP contribution in [0.5, 0.6) is 5.75 Å². The van der Waals surface area contributed by atoms with Crippen molar-refractivity contribution >= 4 is 11.8 Å². The molecule has 1 fully saturated rings. The first kappa shape index (κ1) is 10.5. The number of hydrogen-bond acceptors (Lipinski definition) is 3. The van der Waals surface area contributed by atoms with Crippen molar-refractivity contribution in [3.05, 3.63) is 29.3 Å². The Morgan fingerprint density at radius 2 is 2.38 bits per heavy atom. The van der Waals surface area contributed by atoms with Crippen molar-refractivity contribution in [2.75, 3.05) is 19.4 Å². The number of ether oxygens (including phenoxy) is 1. The molecule has 2 unspecified atom stereocenters. The summed E-state index contributed by atoms with van der Waals surface area (Å²) in [4.78, 5) is 0. The Balaban J connectivity index is 1.98. The zero-order valence-electron chi connectivity index (χ0n) is 9.53. The standard InChI is InChI=1S/C13H17NOS/c1-15-10-4-2-9-3-5-12-13(11(9)8-10)14-6-7-16-12/h2,4,8,12-14H,3,5-7H2,1H3. The summed E-state index contributed by atoms with van der Waals surface area (Å²) in [5, 5.41) is 4.41. The third-order valence-electron chi connectivity index (χ3n) is 3.56. The second kappa shape index (κ2) is 4.30. The van der Waals surface area contributed by atoms with Gasteiger partial charge >= 0.3 is 0 Å². The number of thioether (sulfide) groups is 1. The molecule has 1 saturated heterocycles. The van der Waals surface area contributed by atoms with Crippen LogP contribution in [0.15, 0.2) is 18.2 Å². The first-order valence-electron chi connectivity index (χ1n) is 5.90. The average Bonchev–Trinajstić information content (AvgIpc) is 2.38. The molecule has 1 aromatic rings. The molecule has 0 spiro atoms. The normalized spacial score (nSPS) is 28.1. The lowest BCUT2D eigenvalue weighted by Crippen LogP contribution is -2.39. The fraction of sp³-hybridized carbons (Fsp3) is 0.538. The maximum absolute atomic E-state index is 5.33. The molecule has 0 bridgehead atoms. The minimum absolute atomic E-state index is 0.539. The summed E-state index contributed by atoms with van der Waals surface area (Å²) in [5.74, 6) is 2.23. The molecule has 1 heterocycles. The summed E-state index contributed by atoms with van der Waals surface area (Å²) in [6.07, 6.45) is 2.52. The van der Waals surface area contributed by atoms with E-state index in [0.29, 0.717) is 6.04 Å². The molecule has 2 atom stereocenters. The van der Waals surface area contributed by atoms with E-state index in [1.165, 1.54) is 29.7 Å². The number of methoxy groups -OCH3 is 1. The molecule has 1 aliphatic carbocycles. The highest BCUT2D eigenvalue weighted by molar-refractivity contribution is 8.00. The highest BCUT2D eigenvalue weighted by atomic mass is 32.2. The van der Waals surface area contributed by atoms with Crippen molar-refractivity contribution in [2.45, 2.75) is 24.1 Å². The number of rotatable bonds is 1. The van der Waals surface area contributed by atoms with E-state index in [2.05, 4.69) is 35.3 Å². The monoisotopic (exact) mass is 235 g/mol. The van der Waals surface area contributed by atoms with Crippen LogP contribution >= 0.6 is 11.8 Å². The van der Waals surface area contributed by atoms with Gasteiger partial charge in [-0.3, -0.25) is 0 Å². The Morgan fingerprint density at radius 3 is 3.25 bits per heavy atom. The van der Waals surface area contributed by atoms with Gasteiger partial charge in [0.2, 0.25) is 0 Å². The van der Waals surface area contributed by atoms with Gasteiger partial charge in [0.15, 0.2) is 0 Å². The second-order valence-electron chi connectivity index (χ2n) is 4.44. The summed E-state index contributed by atoms with van der Waals surface area (Å²) in [7, 11) is 1.74. The topological polar surface area (TPSA) is 21.3 Å². The Labute approximate surface area is 101 Å². The molecule has 2 nitrogen and oxygen atoms in total. The molecule has 3 rings (SSSR count). The third-order valence-corrected chi connectivity index (χ3v) is 4.93. The molecule has 86 valence electrons. The van der Waals surface area contributed by atoms with Crippen LogP contribution in [0.1, 0.15) is 23.6 Å². The number of hydrogen-bond donors (Lipinski definition) is 1. The lowest BCUT2D eigenvalue weighted by atomic mass is 9.87. The maximum Gasteiger partial charge on any atom is 0.119 e. The van der Waals surface area contributed by atoms with Crippen LogP contribution in [0.3, 0.4) is 0 Å². The molecule has 1 N–H and O–H groups in total.